The first kappa shape index (κ1) is 22.4. The summed E-state index contributed by atoms with van der Waals surface area (Å²) in [5.41, 5.74) is 3.52. The van der Waals surface area contributed by atoms with Gasteiger partial charge in [0.2, 0.25) is 0 Å². The van der Waals surface area contributed by atoms with Crippen LogP contribution >= 0.6 is 0 Å². The average Bonchev–Trinajstić information content (AvgIpc) is 3.60. The Labute approximate surface area is 204 Å². The molecule has 1 heterocycles. The topological polar surface area (TPSA) is 41.9 Å². The summed E-state index contributed by atoms with van der Waals surface area (Å²) in [6.45, 7) is 4.24. The molecule has 0 bridgehead atoms. The Morgan fingerprint density at radius 3 is 2.71 bits per heavy atom. The monoisotopic (exact) mass is 461 g/mol. The number of rotatable bonds is 9. The molecule has 4 aliphatic rings. The lowest BCUT2D eigenvalue weighted by molar-refractivity contribution is -0.191. The molecule has 34 heavy (non-hydrogen) atoms. The molecule has 1 unspecified atom stereocenters. The summed E-state index contributed by atoms with van der Waals surface area (Å²) in [7, 11) is 2.33. The summed E-state index contributed by atoms with van der Waals surface area (Å²) in [5, 5.41) is 10.8. The second kappa shape index (κ2) is 8.57. The molecule has 2 aromatic rings. The lowest BCUT2D eigenvalue weighted by Gasteiger charge is -2.61. The van der Waals surface area contributed by atoms with Crippen molar-refractivity contribution in [1.29, 1.82) is 0 Å². The molecule has 2 saturated carbocycles. The van der Waals surface area contributed by atoms with Crippen molar-refractivity contribution >= 4 is 0 Å². The van der Waals surface area contributed by atoms with E-state index in [0.717, 1.165) is 69.8 Å². The van der Waals surface area contributed by atoms with Gasteiger partial charge in [0.05, 0.1) is 11.0 Å². The summed E-state index contributed by atoms with van der Waals surface area (Å²) in [5.74, 6) is 1.88. The van der Waals surface area contributed by atoms with E-state index in [1.54, 1.807) is 0 Å². The number of phenolic OH excluding ortho intramolecular Hbond substituents is 1. The molecule has 6 rings (SSSR count). The fourth-order valence-electron chi connectivity index (χ4n) is 7.72. The van der Waals surface area contributed by atoms with Gasteiger partial charge in [-0.3, -0.25) is 4.90 Å². The molecule has 182 valence electrons. The lowest BCUT2D eigenvalue weighted by Crippen LogP contribution is -2.72. The number of hydrogen-bond acceptors (Lipinski definition) is 4. The van der Waals surface area contributed by atoms with Gasteiger partial charge >= 0.3 is 0 Å². The standard InChI is InChI=1S/C30H39NO3/c1-3-29-26-12-7-17-30(29,33-18-8-11-21-9-5-4-6-10-21)25(31(2)20-22-13-14-22)19-23-15-16-24(32)28(34-26)27(23)29/h4-6,9-10,15-16,22,25-26,32H,3,7-8,11-14,17-20H2,1-2H3/t25?,26-,29+,30+/m0/s1. The van der Waals surface area contributed by atoms with E-state index < -0.39 is 0 Å². The van der Waals surface area contributed by atoms with E-state index in [-0.39, 0.29) is 17.1 Å². The third kappa shape index (κ3) is 3.32. The first-order valence-corrected chi connectivity index (χ1v) is 13.5. The van der Waals surface area contributed by atoms with Crippen LogP contribution in [0.5, 0.6) is 11.5 Å². The molecule has 4 heteroatoms. The van der Waals surface area contributed by atoms with Gasteiger partial charge in [0.25, 0.3) is 0 Å². The van der Waals surface area contributed by atoms with Crippen molar-refractivity contribution in [3.05, 3.63) is 59.2 Å². The summed E-state index contributed by atoms with van der Waals surface area (Å²) in [6, 6.07) is 15.1. The molecule has 1 N–H and O–H groups in total. The Kier molecular flexibility index (Phi) is 5.65. The van der Waals surface area contributed by atoms with Crippen molar-refractivity contribution in [3.63, 3.8) is 0 Å². The highest BCUT2D eigenvalue weighted by atomic mass is 16.5. The first-order chi connectivity index (χ1) is 16.6. The maximum atomic E-state index is 10.8. The smallest absolute Gasteiger partial charge is 0.165 e. The summed E-state index contributed by atoms with van der Waals surface area (Å²) < 4.78 is 13.8. The van der Waals surface area contributed by atoms with E-state index in [2.05, 4.69) is 55.3 Å². The number of benzene rings is 2. The first-order valence-electron chi connectivity index (χ1n) is 13.5. The summed E-state index contributed by atoms with van der Waals surface area (Å²) in [6.07, 6.45) is 10.0. The number of aryl methyl sites for hydroxylation is 1. The minimum absolute atomic E-state index is 0.0829. The molecule has 4 nitrogen and oxygen atoms in total. The molecule has 1 aliphatic heterocycles. The number of phenols is 1. The molecule has 4 atom stereocenters. The average molecular weight is 462 g/mol. The zero-order valence-electron chi connectivity index (χ0n) is 20.8. The molecule has 0 saturated heterocycles. The van der Waals surface area contributed by atoms with Crippen LogP contribution in [0, 0.1) is 5.92 Å². The molecular weight excluding hydrogens is 422 g/mol. The highest BCUT2D eigenvalue weighted by Gasteiger charge is 2.69. The molecule has 2 aromatic carbocycles. The van der Waals surface area contributed by atoms with Gasteiger partial charge in [0.1, 0.15) is 6.10 Å². The van der Waals surface area contributed by atoms with Gasteiger partial charge in [0.15, 0.2) is 11.5 Å². The highest BCUT2D eigenvalue weighted by molar-refractivity contribution is 5.61. The van der Waals surface area contributed by atoms with Crippen LogP contribution in [0.15, 0.2) is 42.5 Å². The molecule has 3 aliphatic carbocycles. The maximum Gasteiger partial charge on any atom is 0.165 e. The van der Waals surface area contributed by atoms with E-state index in [1.807, 2.05) is 6.07 Å². The predicted octanol–water partition coefficient (Wildman–Crippen LogP) is 5.64. The largest absolute Gasteiger partial charge is 0.504 e. The quantitative estimate of drug-likeness (QED) is 0.491. The van der Waals surface area contributed by atoms with Gasteiger partial charge in [-0.1, -0.05) is 43.3 Å². The number of likely N-dealkylation sites (N-methyl/N-ethyl adjacent to an activating group) is 1. The Morgan fingerprint density at radius 1 is 1.12 bits per heavy atom. The van der Waals surface area contributed by atoms with Gasteiger partial charge in [-0.15, -0.1) is 0 Å². The number of ether oxygens (including phenoxy) is 2. The molecular formula is C30H39NO3. The minimum atomic E-state index is -0.281. The lowest BCUT2D eigenvalue weighted by atomic mass is 9.51. The zero-order valence-corrected chi connectivity index (χ0v) is 20.8. The van der Waals surface area contributed by atoms with E-state index in [4.69, 9.17) is 9.47 Å². The van der Waals surface area contributed by atoms with E-state index in [1.165, 1.54) is 29.5 Å². The van der Waals surface area contributed by atoms with Crippen molar-refractivity contribution in [2.24, 2.45) is 5.92 Å². The molecule has 0 spiro atoms. The van der Waals surface area contributed by atoms with Gasteiger partial charge in [-0.25, -0.2) is 0 Å². The molecule has 0 amide bonds. The number of nitrogens with zero attached hydrogens (tertiary/aromatic N) is 1. The Morgan fingerprint density at radius 2 is 1.94 bits per heavy atom. The zero-order chi connectivity index (χ0) is 23.3. The fraction of sp³-hybridized carbons (Fsp3) is 0.600. The molecule has 2 fully saturated rings. The van der Waals surface area contributed by atoms with Gasteiger partial charge in [-0.05, 0) is 87.9 Å². The predicted molar refractivity (Wildman–Crippen MR) is 135 cm³/mol. The van der Waals surface area contributed by atoms with Crippen LogP contribution in [0.4, 0.5) is 0 Å². The number of hydrogen-bond donors (Lipinski definition) is 1. The maximum absolute atomic E-state index is 10.8. The van der Waals surface area contributed by atoms with E-state index in [0.29, 0.717) is 11.8 Å². The van der Waals surface area contributed by atoms with Gasteiger partial charge in [-0.2, -0.15) is 0 Å². The highest BCUT2D eigenvalue weighted by Crippen LogP contribution is 2.65. The van der Waals surface area contributed by atoms with Crippen molar-refractivity contribution < 1.29 is 14.6 Å². The van der Waals surface area contributed by atoms with Crippen LogP contribution in [0.1, 0.15) is 68.6 Å². The Balaban J connectivity index is 1.38. The number of aromatic hydroxyl groups is 1. The van der Waals surface area contributed by atoms with Crippen LogP contribution in [0.25, 0.3) is 0 Å². The molecule has 0 radical (unpaired) electrons. The van der Waals surface area contributed by atoms with Crippen molar-refractivity contribution in [2.45, 2.75) is 87.9 Å². The summed E-state index contributed by atoms with van der Waals surface area (Å²) in [4.78, 5) is 2.63. The van der Waals surface area contributed by atoms with Crippen LogP contribution in [0.3, 0.4) is 0 Å². The van der Waals surface area contributed by atoms with Crippen LogP contribution in [-0.4, -0.2) is 48.0 Å². The third-order valence-electron chi connectivity index (χ3n) is 9.35. The SMILES string of the molecule is CC[C@]12c3c4ccc(O)c3O[C@H]1CCC[C@@]2(OCCCc1ccccc1)C(N(C)CC1CC1)C4. The molecule has 0 aromatic heterocycles. The van der Waals surface area contributed by atoms with Crippen molar-refractivity contribution in [3.8, 4) is 11.5 Å². The summed E-state index contributed by atoms with van der Waals surface area (Å²) >= 11 is 0. The second-order valence-corrected chi connectivity index (χ2v) is 11.2. The van der Waals surface area contributed by atoms with Crippen molar-refractivity contribution in [2.75, 3.05) is 20.2 Å². The van der Waals surface area contributed by atoms with Gasteiger partial charge in [0, 0.05) is 24.8 Å². The third-order valence-corrected chi connectivity index (χ3v) is 9.35. The second-order valence-electron chi connectivity index (χ2n) is 11.2. The Bertz CT molecular complexity index is 1030. The van der Waals surface area contributed by atoms with Crippen LogP contribution in [0.2, 0.25) is 0 Å². The van der Waals surface area contributed by atoms with Crippen LogP contribution < -0.4 is 4.74 Å². The fourth-order valence-corrected chi connectivity index (χ4v) is 7.72. The minimum Gasteiger partial charge on any atom is -0.504 e. The van der Waals surface area contributed by atoms with E-state index in [9.17, 15) is 5.11 Å². The van der Waals surface area contributed by atoms with Gasteiger partial charge < -0.3 is 14.6 Å². The Hall–Kier alpha value is -2.04. The normalized spacial score (nSPS) is 31.4. The van der Waals surface area contributed by atoms with Crippen molar-refractivity contribution in [1.82, 2.24) is 4.90 Å². The van der Waals surface area contributed by atoms with Crippen LogP contribution in [-0.2, 0) is 23.0 Å². The van der Waals surface area contributed by atoms with E-state index >= 15 is 0 Å².